The molecule has 4 nitrogen and oxygen atoms in total. The Morgan fingerprint density at radius 3 is 3.25 bits per heavy atom. The predicted molar refractivity (Wildman–Crippen MR) is 63.3 cm³/mol. The standard InChI is InChI=1S/C11H11N3OS/c12-9(4-8-5-13-6-16-8)10-3-7-1-2-14-11(7)15-10/h1-3,5-6,9,14H,4,12H2. The van der Waals surface area contributed by atoms with Gasteiger partial charge in [-0.3, -0.25) is 4.98 Å². The minimum absolute atomic E-state index is 0.110. The molecular weight excluding hydrogens is 222 g/mol. The van der Waals surface area contributed by atoms with E-state index in [9.17, 15) is 0 Å². The monoisotopic (exact) mass is 233 g/mol. The highest BCUT2D eigenvalue weighted by Gasteiger charge is 2.13. The van der Waals surface area contributed by atoms with Gasteiger partial charge in [-0.15, -0.1) is 11.3 Å². The number of aromatic nitrogens is 2. The number of hydrogen-bond acceptors (Lipinski definition) is 4. The molecule has 1 atom stereocenters. The zero-order chi connectivity index (χ0) is 11.0. The van der Waals surface area contributed by atoms with Crippen LogP contribution in [0.5, 0.6) is 0 Å². The Morgan fingerprint density at radius 1 is 1.56 bits per heavy atom. The van der Waals surface area contributed by atoms with Crippen LogP contribution in [0.25, 0.3) is 11.1 Å². The van der Waals surface area contributed by atoms with Crippen LogP contribution in [-0.4, -0.2) is 9.97 Å². The van der Waals surface area contributed by atoms with Gasteiger partial charge in [0.15, 0.2) is 0 Å². The number of nitrogens with two attached hydrogens (primary N) is 1. The van der Waals surface area contributed by atoms with Gasteiger partial charge in [0.25, 0.3) is 0 Å². The lowest BCUT2D eigenvalue weighted by atomic mass is 10.1. The van der Waals surface area contributed by atoms with E-state index in [0.717, 1.165) is 23.3 Å². The Hall–Kier alpha value is -1.59. The molecule has 0 fully saturated rings. The maximum absolute atomic E-state index is 6.08. The van der Waals surface area contributed by atoms with E-state index in [1.54, 1.807) is 11.3 Å². The summed E-state index contributed by atoms with van der Waals surface area (Å²) < 4.78 is 5.62. The van der Waals surface area contributed by atoms with E-state index in [1.165, 1.54) is 4.88 Å². The van der Waals surface area contributed by atoms with Crippen LogP contribution >= 0.6 is 11.3 Å². The Balaban J connectivity index is 1.84. The zero-order valence-electron chi connectivity index (χ0n) is 8.51. The van der Waals surface area contributed by atoms with Gasteiger partial charge in [0.2, 0.25) is 5.71 Å². The molecule has 0 aliphatic carbocycles. The fourth-order valence-electron chi connectivity index (χ4n) is 1.71. The molecule has 0 spiro atoms. The van der Waals surface area contributed by atoms with Crippen molar-refractivity contribution in [3.63, 3.8) is 0 Å². The first kappa shape index (κ1) is 9.62. The zero-order valence-corrected chi connectivity index (χ0v) is 9.33. The highest BCUT2D eigenvalue weighted by Crippen LogP contribution is 2.24. The molecule has 5 heteroatoms. The Morgan fingerprint density at radius 2 is 2.50 bits per heavy atom. The van der Waals surface area contributed by atoms with Crippen LogP contribution in [0.15, 0.2) is 34.5 Å². The van der Waals surface area contributed by atoms with Crippen molar-refractivity contribution in [1.29, 1.82) is 0 Å². The molecule has 0 aliphatic rings. The summed E-state index contributed by atoms with van der Waals surface area (Å²) >= 11 is 1.61. The van der Waals surface area contributed by atoms with Gasteiger partial charge in [-0.1, -0.05) is 0 Å². The molecule has 3 aromatic heterocycles. The van der Waals surface area contributed by atoms with E-state index in [1.807, 2.05) is 30.0 Å². The van der Waals surface area contributed by atoms with Crippen molar-refractivity contribution in [2.75, 3.05) is 0 Å². The molecule has 0 amide bonds. The summed E-state index contributed by atoms with van der Waals surface area (Å²) in [5.41, 5.74) is 8.68. The fourth-order valence-corrected chi connectivity index (χ4v) is 2.37. The van der Waals surface area contributed by atoms with E-state index in [4.69, 9.17) is 10.2 Å². The fraction of sp³-hybridized carbons (Fsp3) is 0.182. The Labute approximate surface area is 96.1 Å². The van der Waals surface area contributed by atoms with E-state index < -0.39 is 0 Å². The third-order valence-electron chi connectivity index (χ3n) is 2.53. The van der Waals surface area contributed by atoms with Gasteiger partial charge in [-0.05, 0) is 12.1 Å². The minimum atomic E-state index is -0.110. The first-order valence-corrected chi connectivity index (χ1v) is 5.90. The second kappa shape index (κ2) is 3.77. The summed E-state index contributed by atoms with van der Waals surface area (Å²) in [5.74, 6) is 0.815. The SMILES string of the molecule is NC(Cc1cncs1)c1cc2cc[nH]c2o1. The second-order valence-electron chi connectivity index (χ2n) is 3.69. The Bertz CT molecular complexity index is 553. The smallest absolute Gasteiger partial charge is 0.204 e. The molecule has 1 unspecified atom stereocenters. The van der Waals surface area contributed by atoms with Crippen molar-refractivity contribution < 1.29 is 4.42 Å². The van der Waals surface area contributed by atoms with E-state index in [0.29, 0.717) is 0 Å². The maximum Gasteiger partial charge on any atom is 0.204 e. The molecule has 3 aromatic rings. The number of fused-ring (bicyclic) bond motifs is 1. The van der Waals surface area contributed by atoms with Crippen LogP contribution in [0.2, 0.25) is 0 Å². The second-order valence-corrected chi connectivity index (χ2v) is 4.66. The lowest BCUT2D eigenvalue weighted by molar-refractivity contribution is 0.489. The number of H-pyrrole nitrogens is 1. The van der Waals surface area contributed by atoms with Crippen molar-refractivity contribution in [3.8, 4) is 0 Å². The summed E-state index contributed by atoms with van der Waals surface area (Å²) in [6, 6.07) is 3.85. The van der Waals surface area contributed by atoms with Crippen LogP contribution in [0.3, 0.4) is 0 Å². The van der Waals surface area contributed by atoms with Crippen LogP contribution in [0.1, 0.15) is 16.7 Å². The molecule has 0 radical (unpaired) electrons. The average molecular weight is 233 g/mol. The van der Waals surface area contributed by atoms with Crippen molar-refractivity contribution >= 4 is 22.4 Å². The highest BCUT2D eigenvalue weighted by atomic mass is 32.1. The van der Waals surface area contributed by atoms with Gasteiger partial charge in [0.05, 0.1) is 11.6 Å². The molecule has 0 aliphatic heterocycles. The number of hydrogen-bond donors (Lipinski definition) is 2. The van der Waals surface area contributed by atoms with Gasteiger partial charge >= 0.3 is 0 Å². The first-order valence-electron chi connectivity index (χ1n) is 5.02. The molecule has 0 aromatic carbocycles. The molecule has 3 heterocycles. The normalized spacial score (nSPS) is 13.3. The van der Waals surface area contributed by atoms with E-state index in [2.05, 4.69) is 9.97 Å². The summed E-state index contributed by atoms with van der Waals surface area (Å²) in [6.07, 6.45) is 4.47. The van der Waals surface area contributed by atoms with Gasteiger partial charge in [0.1, 0.15) is 5.76 Å². The average Bonchev–Trinajstić information content (AvgIpc) is 2.91. The lowest BCUT2D eigenvalue weighted by Crippen LogP contribution is -2.11. The number of aromatic amines is 1. The number of nitrogens with one attached hydrogen (secondary N) is 1. The van der Waals surface area contributed by atoms with Crippen LogP contribution in [0.4, 0.5) is 0 Å². The quantitative estimate of drug-likeness (QED) is 0.730. The molecule has 0 saturated heterocycles. The Kier molecular flexibility index (Phi) is 2.27. The topological polar surface area (TPSA) is 67.8 Å². The van der Waals surface area contributed by atoms with E-state index >= 15 is 0 Å². The number of rotatable bonds is 3. The van der Waals surface area contributed by atoms with Crippen LogP contribution in [-0.2, 0) is 6.42 Å². The van der Waals surface area contributed by atoms with Gasteiger partial charge in [-0.25, -0.2) is 0 Å². The first-order chi connectivity index (χ1) is 7.83. The number of thiazole rings is 1. The molecule has 0 saturated carbocycles. The van der Waals surface area contributed by atoms with Crippen molar-refractivity contribution in [2.45, 2.75) is 12.5 Å². The third-order valence-corrected chi connectivity index (χ3v) is 3.33. The molecule has 16 heavy (non-hydrogen) atoms. The molecule has 3 rings (SSSR count). The molecular formula is C11H11N3OS. The minimum Gasteiger partial charge on any atom is -0.443 e. The number of nitrogens with zero attached hydrogens (tertiary/aromatic N) is 1. The summed E-state index contributed by atoms with van der Waals surface area (Å²) in [5, 5.41) is 1.06. The van der Waals surface area contributed by atoms with Gasteiger partial charge in [0, 0.05) is 29.1 Å². The van der Waals surface area contributed by atoms with Crippen molar-refractivity contribution in [1.82, 2.24) is 9.97 Å². The summed E-state index contributed by atoms with van der Waals surface area (Å²) in [6.45, 7) is 0. The van der Waals surface area contributed by atoms with Crippen molar-refractivity contribution in [2.24, 2.45) is 5.73 Å². The van der Waals surface area contributed by atoms with Gasteiger partial charge in [-0.2, -0.15) is 0 Å². The van der Waals surface area contributed by atoms with Crippen LogP contribution < -0.4 is 5.73 Å². The lowest BCUT2D eigenvalue weighted by Gasteiger charge is -2.05. The largest absolute Gasteiger partial charge is 0.443 e. The predicted octanol–water partition coefficient (Wildman–Crippen LogP) is 2.46. The molecule has 82 valence electrons. The molecule has 0 bridgehead atoms. The number of furan rings is 1. The highest BCUT2D eigenvalue weighted by molar-refractivity contribution is 7.09. The summed E-state index contributed by atoms with van der Waals surface area (Å²) in [7, 11) is 0. The van der Waals surface area contributed by atoms with Crippen LogP contribution in [0, 0.1) is 0 Å². The van der Waals surface area contributed by atoms with Crippen molar-refractivity contribution in [3.05, 3.63) is 40.7 Å². The summed E-state index contributed by atoms with van der Waals surface area (Å²) in [4.78, 5) is 8.22. The van der Waals surface area contributed by atoms with Gasteiger partial charge < -0.3 is 15.1 Å². The third kappa shape index (κ3) is 1.64. The van der Waals surface area contributed by atoms with E-state index in [-0.39, 0.29) is 6.04 Å². The maximum atomic E-state index is 6.08. The molecule has 3 N–H and O–H groups in total.